The molecule has 7 heteroatoms. The quantitative estimate of drug-likeness (QED) is 0.635. The summed E-state index contributed by atoms with van der Waals surface area (Å²) in [5.41, 5.74) is 2.30. The van der Waals surface area contributed by atoms with E-state index in [2.05, 4.69) is 22.5 Å². The zero-order valence-corrected chi connectivity index (χ0v) is 18.0. The minimum Gasteiger partial charge on any atom is -0.342 e. The van der Waals surface area contributed by atoms with E-state index in [-0.39, 0.29) is 17.4 Å². The van der Waals surface area contributed by atoms with Gasteiger partial charge in [0.15, 0.2) is 5.82 Å². The highest BCUT2D eigenvalue weighted by atomic mass is 32.1. The average molecular weight is 423 g/mol. The highest BCUT2D eigenvalue weighted by Crippen LogP contribution is 2.47. The average Bonchev–Trinajstić information content (AvgIpc) is 3.50. The normalized spacial score (nSPS) is 21.4. The first-order valence-electron chi connectivity index (χ1n) is 10.5. The largest absolute Gasteiger partial charge is 0.342 e. The molecule has 0 bridgehead atoms. The van der Waals surface area contributed by atoms with Gasteiger partial charge in [-0.1, -0.05) is 23.4 Å². The first kappa shape index (κ1) is 19.5. The predicted molar refractivity (Wildman–Crippen MR) is 116 cm³/mol. The molecule has 1 aromatic carbocycles. The topological polar surface area (TPSA) is 62.5 Å². The predicted octanol–water partition coefficient (Wildman–Crippen LogP) is 4.03. The summed E-state index contributed by atoms with van der Waals surface area (Å²) in [5.74, 6) is 1.59. The van der Waals surface area contributed by atoms with Crippen molar-refractivity contribution in [2.75, 3.05) is 26.7 Å². The van der Waals surface area contributed by atoms with Gasteiger partial charge in [-0.15, -0.1) is 0 Å². The van der Waals surface area contributed by atoms with Crippen LogP contribution in [0.1, 0.15) is 36.7 Å². The summed E-state index contributed by atoms with van der Waals surface area (Å²) < 4.78 is 5.55. The lowest BCUT2D eigenvalue weighted by Crippen LogP contribution is -2.44. The Morgan fingerprint density at radius 2 is 2.03 bits per heavy atom. The molecule has 30 heavy (non-hydrogen) atoms. The highest BCUT2D eigenvalue weighted by Gasteiger charge is 2.46. The summed E-state index contributed by atoms with van der Waals surface area (Å²) in [6.45, 7) is 2.69. The molecule has 2 aromatic heterocycles. The summed E-state index contributed by atoms with van der Waals surface area (Å²) >= 11 is 1.65. The zero-order chi connectivity index (χ0) is 20.6. The molecule has 2 aliphatic heterocycles. The van der Waals surface area contributed by atoms with Crippen molar-refractivity contribution in [1.82, 2.24) is 19.9 Å². The Labute approximate surface area is 180 Å². The van der Waals surface area contributed by atoms with E-state index < -0.39 is 0 Å². The Bertz CT molecular complexity index is 993. The maximum atomic E-state index is 12.6. The third-order valence-corrected chi connectivity index (χ3v) is 7.35. The van der Waals surface area contributed by atoms with Crippen LogP contribution < -0.4 is 0 Å². The molecule has 3 aromatic rings. The monoisotopic (exact) mass is 422 g/mol. The van der Waals surface area contributed by atoms with Crippen LogP contribution in [0.15, 0.2) is 51.7 Å². The Morgan fingerprint density at radius 1 is 1.23 bits per heavy atom. The lowest BCUT2D eigenvalue weighted by atomic mass is 9.76. The van der Waals surface area contributed by atoms with Gasteiger partial charge in [-0.2, -0.15) is 16.3 Å². The molecule has 1 unspecified atom stereocenters. The Kier molecular flexibility index (Phi) is 5.16. The minimum atomic E-state index is 0.166. The number of nitrogens with zero attached hydrogens (tertiary/aromatic N) is 4. The van der Waals surface area contributed by atoms with Crippen molar-refractivity contribution < 1.29 is 9.32 Å². The van der Waals surface area contributed by atoms with E-state index in [0.717, 1.165) is 55.8 Å². The molecule has 6 nitrogen and oxygen atoms in total. The summed E-state index contributed by atoms with van der Waals surface area (Å²) in [4.78, 5) is 21.7. The molecule has 2 aliphatic rings. The number of thiophene rings is 1. The number of hydrogen-bond acceptors (Lipinski definition) is 6. The molecule has 1 spiro atoms. The van der Waals surface area contributed by atoms with Crippen molar-refractivity contribution in [2.24, 2.45) is 5.41 Å². The fourth-order valence-corrected chi connectivity index (χ4v) is 5.57. The smallest absolute Gasteiger partial charge is 0.257 e. The van der Waals surface area contributed by atoms with Gasteiger partial charge in [0.25, 0.3) is 5.89 Å². The Hall–Kier alpha value is -2.51. The molecular formula is C23H26N4O2S. The van der Waals surface area contributed by atoms with E-state index >= 15 is 0 Å². The molecule has 0 N–H and O–H groups in total. The fraction of sp³-hybridized carbons (Fsp3) is 0.435. The van der Waals surface area contributed by atoms with Crippen LogP contribution in [0.5, 0.6) is 0 Å². The van der Waals surface area contributed by atoms with E-state index in [1.54, 1.807) is 11.3 Å². The maximum Gasteiger partial charge on any atom is 0.257 e. The van der Waals surface area contributed by atoms with E-state index in [4.69, 9.17) is 9.51 Å². The second-order valence-electron chi connectivity index (χ2n) is 8.65. The van der Waals surface area contributed by atoms with Crippen molar-refractivity contribution in [1.29, 1.82) is 0 Å². The summed E-state index contributed by atoms with van der Waals surface area (Å²) in [6, 6.07) is 12.1. The van der Waals surface area contributed by atoms with Crippen LogP contribution in [-0.2, 0) is 11.2 Å². The molecule has 0 saturated carbocycles. The van der Waals surface area contributed by atoms with Crippen molar-refractivity contribution >= 4 is 17.2 Å². The van der Waals surface area contributed by atoms with Crippen LogP contribution in [0.3, 0.4) is 0 Å². The van der Waals surface area contributed by atoms with Gasteiger partial charge in [0.1, 0.15) is 0 Å². The van der Waals surface area contributed by atoms with Gasteiger partial charge in [-0.3, -0.25) is 9.69 Å². The van der Waals surface area contributed by atoms with Gasteiger partial charge >= 0.3 is 0 Å². The van der Waals surface area contributed by atoms with Crippen LogP contribution in [0.4, 0.5) is 0 Å². The molecule has 0 radical (unpaired) electrons. The SMILES string of the molecule is CN1CC2(CCN(C(=O)Cc3ccsc3)CC2)CC1c1noc(-c2ccccc2)n1. The summed E-state index contributed by atoms with van der Waals surface area (Å²) in [7, 11) is 2.14. The van der Waals surface area contributed by atoms with Crippen LogP contribution >= 0.6 is 11.3 Å². The number of carbonyl (C=O) groups is 1. The minimum absolute atomic E-state index is 0.166. The van der Waals surface area contributed by atoms with Gasteiger partial charge in [0, 0.05) is 25.2 Å². The molecule has 1 amide bonds. The van der Waals surface area contributed by atoms with E-state index in [9.17, 15) is 4.79 Å². The fourth-order valence-electron chi connectivity index (χ4n) is 4.90. The van der Waals surface area contributed by atoms with Gasteiger partial charge in [-0.05, 0) is 66.2 Å². The van der Waals surface area contributed by atoms with Crippen molar-refractivity contribution in [3.63, 3.8) is 0 Å². The van der Waals surface area contributed by atoms with Gasteiger partial charge in [0.05, 0.1) is 12.5 Å². The molecule has 4 heterocycles. The molecular weight excluding hydrogens is 396 g/mol. The summed E-state index contributed by atoms with van der Waals surface area (Å²) in [6.07, 6.45) is 3.60. The number of likely N-dealkylation sites (tertiary alicyclic amines) is 2. The number of amides is 1. The van der Waals surface area contributed by atoms with Gasteiger partial charge < -0.3 is 9.42 Å². The molecule has 2 fully saturated rings. The van der Waals surface area contributed by atoms with E-state index in [1.165, 1.54) is 0 Å². The van der Waals surface area contributed by atoms with Crippen LogP contribution in [-0.4, -0.2) is 52.5 Å². The number of benzene rings is 1. The Balaban J connectivity index is 1.23. The number of piperidine rings is 1. The van der Waals surface area contributed by atoms with Crippen molar-refractivity contribution in [3.8, 4) is 11.5 Å². The lowest BCUT2D eigenvalue weighted by Gasteiger charge is -2.39. The van der Waals surface area contributed by atoms with Crippen molar-refractivity contribution in [2.45, 2.75) is 31.7 Å². The maximum absolute atomic E-state index is 12.6. The number of hydrogen-bond donors (Lipinski definition) is 0. The first-order valence-corrected chi connectivity index (χ1v) is 11.4. The van der Waals surface area contributed by atoms with E-state index in [0.29, 0.717) is 12.3 Å². The lowest BCUT2D eigenvalue weighted by molar-refractivity contribution is -0.132. The van der Waals surface area contributed by atoms with Crippen LogP contribution in [0.2, 0.25) is 0 Å². The molecule has 1 atom stereocenters. The first-order chi connectivity index (χ1) is 14.6. The van der Waals surface area contributed by atoms with Crippen LogP contribution in [0, 0.1) is 5.41 Å². The molecule has 5 rings (SSSR count). The second kappa shape index (κ2) is 7.96. The molecule has 0 aliphatic carbocycles. The number of rotatable bonds is 4. The zero-order valence-electron chi connectivity index (χ0n) is 17.2. The third-order valence-electron chi connectivity index (χ3n) is 6.62. The summed E-state index contributed by atoms with van der Waals surface area (Å²) in [5, 5.41) is 8.39. The van der Waals surface area contributed by atoms with Crippen molar-refractivity contribution in [3.05, 3.63) is 58.5 Å². The van der Waals surface area contributed by atoms with E-state index in [1.807, 2.05) is 46.7 Å². The second-order valence-corrected chi connectivity index (χ2v) is 9.43. The number of carbonyl (C=O) groups excluding carboxylic acids is 1. The third kappa shape index (κ3) is 3.79. The highest BCUT2D eigenvalue weighted by molar-refractivity contribution is 7.08. The number of aromatic nitrogens is 2. The van der Waals surface area contributed by atoms with Crippen LogP contribution in [0.25, 0.3) is 11.5 Å². The van der Waals surface area contributed by atoms with Gasteiger partial charge in [0.2, 0.25) is 5.91 Å². The Morgan fingerprint density at radius 3 is 2.77 bits per heavy atom. The van der Waals surface area contributed by atoms with Gasteiger partial charge in [-0.25, -0.2) is 0 Å². The standard InChI is InChI=1S/C23H26N4O2S/c1-26-16-23(8-10-27(11-9-23)20(28)13-17-7-12-30-15-17)14-19(26)21-24-22(29-25-21)18-5-3-2-4-6-18/h2-7,12,15,19H,8-11,13-14,16H2,1H3. The molecule has 156 valence electrons. The molecule has 2 saturated heterocycles.